The fourth-order valence-corrected chi connectivity index (χ4v) is 1.95. The third kappa shape index (κ3) is 1.18. The highest BCUT2D eigenvalue weighted by Gasteiger charge is 2.37. The Balaban J connectivity index is 1.81. The van der Waals surface area contributed by atoms with E-state index in [1.54, 1.807) is 0 Å². The molecule has 1 aliphatic heterocycles. The molecular formula is C8H15NO. The molecule has 2 atom stereocenters. The van der Waals surface area contributed by atoms with Gasteiger partial charge in [-0.05, 0) is 12.8 Å². The molecule has 0 aromatic heterocycles. The van der Waals surface area contributed by atoms with Gasteiger partial charge in [-0.1, -0.05) is 19.3 Å². The molecular weight excluding hydrogens is 126 g/mol. The van der Waals surface area contributed by atoms with Crippen LogP contribution in [0.2, 0.25) is 0 Å². The van der Waals surface area contributed by atoms with E-state index in [0.717, 1.165) is 12.6 Å². The van der Waals surface area contributed by atoms with Crippen molar-refractivity contribution >= 4 is 0 Å². The third-order valence-electron chi connectivity index (χ3n) is 2.67. The maximum Gasteiger partial charge on any atom is 0.120 e. The standard InChI is InChI=1S/C8H15NO/c10-8-6-9(8)7-4-2-1-3-5-7/h7-8,10H,1-6H2. The summed E-state index contributed by atoms with van der Waals surface area (Å²) in [5, 5.41) is 9.10. The highest BCUT2D eigenvalue weighted by molar-refractivity contribution is 4.87. The van der Waals surface area contributed by atoms with Crippen LogP contribution in [0.4, 0.5) is 0 Å². The number of aliphatic hydroxyl groups is 1. The summed E-state index contributed by atoms with van der Waals surface area (Å²) in [7, 11) is 0. The van der Waals surface area contributed by atoms with Gasteiger partial charge in [-0.25, -0.2) is 0 Å². The van der Waals surface area contributed by atoms with Crippen LogP contribution in [0.15, 0.2) is 0 Å². The lowest BCUT2D eigenvalue weighted by molar-refractivity contribution is 0.163. The Labute approximate surface area is 61.8 Å². The largest absolute Gasteiger partial charge is 0.377 e. The average molecular weight is 141 g/mol. The summed E-state index contributed by atoms with van der Waals surface area (Å²) >= 11 is 0. The lowest BCUT2D eigenvalue weighted by Crippen LogP contribution is -2.23. The monoisotopic (exact) mass is 141 g/mol. The first-order valence-corrected chi connectivity index (χ1v) is 4.32. The average Bonchev–Trinajstić information content (AvgIpc) is 2.69. The zero-order valence-corrected chi connectivity index (χ0v) is 6.29. The van der Waals surface area contributed by atoms with E-state index in [1.165, 1.54) is 32.1 Å². The highest BCUT2D eigenvalue weighted by Crippen LogP contribution is 2.29. The van der Waals surface area contributed by atoms with Gasteiger partial charge in [0.25, 0.3) is 0 Å². The van der Waals surface area contributed by atoms with Crippen molar-refractivity contribution < 1.29 is 5.11 Å². The SMILES string of the molecule is OC1CN1C1CCCCC1. The van der Waals surface area contributed by atoms with Crippen molar-refractivity contribution in [1.82, 2.24) is 4.90 Å². The second-order valence-electron chi connectivity index (χ2n) is 3.47. The van der Waals surface area contributed by atoms with Gasteiger partial charge in [-0.2, -0.15) is 0 Å². The van der Waals surface area contributed by atoms with Gasteiger partial charge in [0, 0.05) is 12.6 Å². The Hall–Kier alpha value is -0.0800. The molecule has 0 aromatic carbocycles. The van der Waals surface area contributed by atoms with Gasteiger partial charge in [0.1, 0.15) is 6.23 Å². The van der Waals surface area contributed by atoms with Crippen molar-refractivity contribution in [1.29, 1.82) is 0 Å². The molecule has 1 saturated heterocycles. The molecule has 0 spiro atoms. The van der Waals surface area contributed by atoms with E-state index < -0.39 is 0 Å². The van der Waals surface area contributed by atoms with E-state index in [4.69, 9.17) is 5.11 Å². The summed E-state index contributed by atoms with van der Waals surface area (Å²) in [6.45, 7) is 0.935. The van der Waals surface area contributed by atoms with Gasteiger partial charge in [0.2, 0.25) is 0 Å². The number of nitrogens with zero attached hydrogens (tertiary/aromatic N) is 1. The van der Waals surface area contributed by atoms with Crippen molar-refractivity contribution in [2.75, 3.05) is 6.54 Å². The van der Waals surface area contributed by atoms with Gasteiger partial charge in [-0.15, -0.1) is 0 Å². The molecule has 2 aliphatic rings. The number of hydrogen-bond donors (Lipinski definition) is 1. The molecule has 0 aromatic rings. The predicted octanol–water partition coefficient (Wildman–Crippen LogP) is 0.953. The lowest BCUT2D eigenvalue weighted by Gasteiger charge is -2.22. The Kier molecular flexibility index (Phi) is 1.66. The fourth-order valence-electron chi connectivity index (χ4n) is 1.95. The van der Waals surface area contributed by atoms with Crippen LogP contribution < -0.4 is 0 Å². The third-order valence-corrected chi connectivity index (χ3v) is 2.67. The van der Waals surface area contributed by atoms with Gasteiger partial charge in [-0.3, -0.25) is 4.90 Å². The second kappa shape index (κ2) is 2.51. The number of rotatable bonds is 1. The molecule has 2 heteroatoms. The molecule has 1 heterocycles. The molecule has 2 fully saturated rings. The lowest BCUT2D eigenvalue weighted by atomic mass is 9.95. The minimum absolute atomic E-state index is 0.0805. The Morgan fingerprint density at radius 3 is 2.20 bits per heavy atom. The highest BCUT2D eigenvalue weighted by atomic mass is 16.3. The Morgan fingerprint density at radius 2 is 1.70 bits per heavy atom. The minimum Gasteiger partial charge on any atom is -0.377 e. The first-order valence-electron chi connectivity index (χ1n) is 4.32. The maximum absolute atomic E-state index is 9.10. The van der Waals surface area contributed by atoms with Crippen molar-refractivity contribution in [3.63, 3.8) is 0 Å². The first kappa shape index (κ1) is 6.62. The van der Waals surface area contributed by atoms with Crippen molar-refractivity contribution in [2.45, 2.75) is 44.4 Å². The maximum atomic E-state index is 9.10. The molecule has 2 nitrogen and oxygen atoms in total. The summed E-state index contributed by atoms with van der Waals surface area (Å²) in [4.78, 5) is 2.21. The van der Waals surface area contributed by atoms with Crippen molar-refractivity contribution in [3.8, 4) is 0 Å². The molecule has 1 N–H and O–H groups in total. The normalized spacial score (nSPS) is 41.7. The summed E-state index contributed by atoms with van der Waals surface area (Å²) < 4.78 is 0. The van der Waals surface area contributed by atoms with E-state index in [2.05, 4.69) is 4.90 Å². The van der Waals surface area contributed by atoms with E-state index >= 15 is 0 Å². The molecule has 1 aliphatic carbocycles. The second-order valence-corrected chi connectivity index (χ2v) is 3.47. The zero-order valence-electron chi connectivity index (χ0n) is 6.29. The van der Waals surface area contributed by atoms with Gasteiger partial charge >= 0.3 is 0 Å². The topological polar surface area (TPSA) is 23.2 Å². The quantitative estimate of drug-likeness (QED) is 0.549. The zero-order chi connectivity index (χ0) is 6.97. The molecule has 2 rings (SSSR count). The fraction of sp³-hybridized carbons (Fsp3) is 1.00. The van der Waals surface area contributed by atoms with Crippen LogP contribution in [0.25, 0.3) is 0 Å². The minimum atomic E-state index is -0.0805. The van der Waals surface area contributed by atoms with Gasteiger partial charge in [0.15, 0.2) is 0 Å². The molecule has 0 bridgehead atoms. The van der Waals surface area contributed by atoms with Crippen LogP contribution in [-0.4, -0.2) is 28.8 Å². The summed E-state index contributed by atoms with van der Waals surface area (Å²) in [6.07, 6.45) is 6.69. The van der Waals surface area contributed by atoms with E-state index in [0.29, 0.717) is 0 Å². The van der Waals surface area contributed by atoms with E-state index in [-0.39, 0.29) is 6.23 Å². The Morgan fingerprint density at radius 1 is 1.10 bits per heavy atom. The summed E-state index contributed by atoms with van der Waals surface area (Å²) in [6, 6.07) is 0.726. The molecule has 58 valence electrons. The Bertz CT molecular complexity index is 120. The van der Waals surface area contributed by atoms with Crippen LogP contribution in [0, 0.1) is 0 Å². The smallest absolute Gasteiger partial charge is 0.120 e. The van der Waals surface area contributed by atoms with Crippen LogP contribution in [0.3, 0.4) is 0 Å². The molecule has 1 saturated carbocycles. The van der Waals surface area contributed by atoms with Crippen LogP contribution in [-0.2, 0) is 0 Å². The molecule has 2 unspecified atom stereocenters. The van der Waals surface area contributed by atoms with Crippen molar-refractivity contribution in [2.24, 2.45) is 0 Å². The molecule has 10 heavy (non-hydrogen) atoms. The van der Waals surface area contributed by atoms with Crippen LogP contribution in [0.1, 0.15) is 32.1 Å². The van der Waals surface area contributed by atoms with E-state index in [9.17, 15) is 0 Å². The van der Waals surface area contributed by atoms with Crippen molar-refractivity contribution in [3.05, 3.63) is 0 Å². The van der Waals surface area contributed by atoms with Gasteiger partial charge < -0.3 is 5.11 Å². The number of hydrogen-bond acceptors (Lipinski definition) is 2. The number of aliphatic hydroxyl groups excluding tert-OH is 1. The predicted molar refractivity (Wildman–Crippen MR) is 39.6 cm³/mol. The van der Waals surface area contributed by atoms with Crippen LogP contribution in [0.5, 0.6) is 0 Å². The molecule has 0 amide bonds. The van der Waals surface area contributed by atoms with Gasteiger partial charge in [0.05, 0.1) is 0 Å². The first-order chi connectivity index (χ1) is 4.88. The summed E-state index contributed by atoms with van der Waals surface area (Å²) in [5.74, 6) is 0. The molecule has 0 radical (unpaired) electrons. The number of β-amino-alcohol motifs (C(OH)–C–C–N with tert-alkyl or cyclic N) is 1. The summed E-state index contributed by atoms with van der Waals surface area (Å²) in [5.41, 5.74) is 0. The van der Waals surface area contributed by atoms with Crippen LogP contribution >= 0.6 is 0 Å². The van der Waals surface area contributed by atoms with E-state index in [1.807, 2.05) is 0 Å².